The SMILES string of the molecule is C(=Cc1cncc2ccccc12)c1cncc2ccccc12. The number of hydrogen-bond donors (Lipinski definition) is 0. The van der Waals surface area contributed by atoms with E-state index in [1.54, 1.807) is 0 Å². The van der Waals surface area contributed by atoms with Crippen molar-refractivity contribution in [2.24, 2.45) is 0 Å². The molecule has 0 aliphatic heterocycles. The lowest BCUT2D eigenvalue weighted by molar-refractivity contribution is 1.35. The zero-order valence-electron chi connectivity index (χ0n) is 12.0. The van der Waals surface area contributed by atoms with Crippen LogP contribution in [-0.2, 0) is 0 Å². The van der Waals surface area contributed by atoms with Gasteiger partial charge in [-0.1, -0.05) is 60.7 Å². The molecule has 0 saturated carbocycles. The van der Waals surface area contributed by atoms with Gasteiger partial charge in [0, 0.05) is 46.7 Å². The Labute approximate surface area is 128 Å². The van der Waals surface area contributed by atoms with Crippen LogP contribution in [0.5, 0.6) is 0 Å². The summed E-state index contributed by atoms with van der Waals surface area (Å²) >= 11 is 0. The summed E-state index contributed by atoms with van der Waals surface area (Å²) < 4.78 is 0. The minimum Gasteiger partial charge on any atom is -0.263 e. The van der Waals surface area contributed by atoms with Gasteiger partial charge in [0.15, 0.2) is 0 Å². The fourth-order valence-electron chi connectivity index (χ4n) is 2.72. The molecule has 0 unspecified atom stereocenters. The van der Waals surface area contributed by atoms with Gasteiger partial charge >= 0.3 is 0 Å². The summed E-state index contributed by atoms with van der Waals surface area (Å²) in [6.45, 7) is 0. The van der Waals surface area contributed by atoms with Crippen molar-refractivity contribution in [1.82, 2.24) is 9.97 Å². The van der Waals surface area contributed by atoms with Crippen molar-refractivity contribution in [1.29, 1.82) is 0 Å². The van der Waals surface area contributed by atoms with Crippen LogP contribution in [0.3, 0.4) is 0 Å². The summed E-state index contributed by atoms with van der Waals surface area (Å²) in [6.07, 6.45) is 11.8. The van der Waals surface area contributed by atoms with E-state index in [9.17, 15) is 0 Å². The van der Waals surface area contributed by atoms with E-state index in [0.29, 0.717) is 0 Å². The Hall–Kier alpha value is -3.00. The summed E-state index contributed by atoms with van der Waals surface area (Å²) in [7, 11) is 0. The largest absolute Gasteiger partial charge is 0.263 e. The van der Waals surface area contributed by atoms with Gasteiger partial charge in [-0.15, -0.1) is 0 Å². The Bertz CT molecular complexity index is 895. The summed E-state index contributed by atoms with van der Waals surface area (Å²) in [6, 6.07) is 16.6. The van der Waals surface area contributed by atoms with E-state index < -0.39 is 0 Å². The number of nitrogens with zero attached hydrogens (tertiary/aromatic N) is 2. The minimum absolute atomic E-state index is 1.12. The molecular formula is C20H14N2. The highest BCUT2D eigenvalue weighted by molar-refractivity contribution is 5.95. The van der Waals surface area contributed by atoms with Crippen LogP contribution in [0, 0.1) is 0 Å². The van der Waals surface area contributed by atoms with Gasteiger partial charge in [0.1, 0.15) is 0 Å². The molecule has 2 aromatic carbocycles. The molecule has 4 rings (SSSR count). The third kappa shape index (κ3) is 2.25. The van der Waals surface area contributed by atoms with Crippen LogP contribution in [0.25, 0.3) is 33.7 Å². The van der Waals surface area contributed by atoms with Crippen molar-refractivity contribution in [3.8, 4) is 0 Å². The van der Waals surface area contributed by atoms with Gasteiger partial charge < -0.3 is 0 Å². The molecular weight excluding hydrogens is 268 g/mol. The first-order valence-corrected chi connectivity index (χ1v) is 7.25. The highest BCUT2D eigenvalue weighted by Gasteiger charge is 2.00. The van der Waals surface area contributed by atoms with E-state index >= 15 is 0 Å². The van der Waals surface area contributed by atoms with Gasteiger partial charge in [-0.2, -0.15) is 0 Å². The van der Waals surface area contributed by atoms with Crippen LogP contribution in [-0.4, -0.2) is 9.97 Å². The van der Waals surface area contributed by atoms with Gasteiger partial charge in [0.25, 0.3) is 0 Å². The van der Waals surface area contributed by atoms with E-state index in [4.69, 9.17) is 0 Å². The second-order valence-corrected chi connectivity index (χ2v) is 5.23. The van der Waals surface area contributed by atoms with Crippen molar-refractivity contribution in [3.63, 3.8) is 0 Å². The van der Waals surface area contributed by atoms with Crippen LogP contribution in [0.15, 0.2) is 73.3 Å². The summed E-state index contributed by atoms with van der Waals surface area (Å²) in [5.74, 6) is 0. The first-order valence-electron chi connectivity index (χ1n) is 7.25. The molecule has 2 heteroatoms. The molecule has 0 bridgehead atoms. The summed E-state index contributed by atoms with van der Waals surface area (Å²) in [4.78, 5) is 8.64. The topological polar surface area (TPSA) is 25.8 Å². The molecule has 0 fully saturated rings. The number of rotatable bonds is 2. The van der Waals surface area contributed by atoms with Crippen molar-refractivity contribution in [2.45, 2.75) is 0 Å². The number of pyridine rings is 2. The fourth-order valence-corrected chi connectivity index (χ4v) is 2.72. The standard InChI is InChI=1S/C20H14N2/c1-3-7-19-15(5-1)11-21-13-17(19)9-10-18-14-22-12-16-6-2-4-8-20(16)18/h1-14H. The number of benzene rings is 2. The van der Waals surface area contributed by atoms with Gasteiger partial charge in [-0.25, -0.2) is 0 Å². The lowest BCUT2D eigenvalue weighted by Crippen LogP contribution is -1.83. The molecule has 0 amide bonds. The summed E-state index contributed by atoms with van der Waals surface area (Å²) in [5.41, 5.74) is 2.23. The average molecular weight is 282 g/mol. The molecule has 104 valence electrons. The van der Waals surface area contributed by atoms with Gasteiger partial charge in [-0.05, 0) is 10.8 Å². The molecule has 0 aliphatic carbocycles. The minimum atomic E-state index is 1.12. The number of hydrogen-bond acceptors (Lipinski definition) is 2. The van der Waals surface area contributed by atoms with Crippen LogP contribution in [0.2, 0.25) is 0 Å². The fraction of sp³-hybridized carbons (Fsp3) is 0. The third-order valence-corrected chi connectivity index (χ3v) is 3.84. The Morgan fingerprint density at radius 1 is 0.545 bits per heavy atom. The van der Waals surface area contributed by atoms with Crippen LogP contribution in [0.4, 0.5) is 0 Å². The quantitative estimate of drug-likeness (QED) is 0.519. The van der Waals surface area contributed by atoms with E-state index in [0.717, 1.165) is 21.9 Å². The van der Waals surface area contributed by atoms with Crippen molar-refractivity contribution >= 4 is 33.7 Å². The zero-order chi connectivity index (χ0) is 14.8. The molecule has 0 aliphatic rings. The van der Waals surface area contributed by atoms with Crippen LogP contribution >= 0.6 is 0 Å². The molecule has 22 heavy (non-hydrogen) atoms. The van der Waals surface area contributed by atoms with Gasteiger partial charge in [-0.3, -0.25) is 9.97 Å². The van der Waals surface area contributed by atoms with E-state index in [1.165, 1.54) is 10.8 Å². The summed E-state index contributed by atoms with van der Waals surface area (Å²) in [5, 5.41) is 4.73. The maximum atomic E-state index is 4.32. The molecule has 2 nitrogen and oxygen atoms in total. The molecule has 2 aromatic heterocycles. The molecule has 0 saturated heterocycles. The monoisotopic (exact) mass is 282 g/mol. The Morgan fingerprint density at radius 3 is 1.50 bits per heavy atom. The van der Waals surface area contributed by atoms with Crippen molar-refractivity contribution in [2.75, 3.05) is 0 Å². The highest BCUT2D eigenvalue weighted by atomic mass is 14.6. The molecule has 0 spiro atoms. The zero-order valence-corrected chi connectivity index (χ0v) is 12.0. The van der Waals surface area contributed by atoms with Crippen molar-refractivity contribution in [3.05, 3.63) is 84.4 Å². The molecule has 2 heterocycles. The first-order chi connectivity index (χ1) is 10.9. The van der Waals surface area contributed by atoms with E-state index in [-0.39, 0.29) is 0 Å². The lowest BCUT2D eigenvalue weighted by atomic mass is 10.0. The number of fused-ring (bicyclic) bond motifs is 2. The second-order valence-electron chi connectivity index (χ2n) is 5.23. The first kappa shape index (κ1) is 12.7. The molecule has 4 aromatic rings. The van der Waals surface area contributed by atoms with Crippen LogP contribution < -0.4 is 0 Å². The third-order valence-electron chi connectivity index (χ3n) is 3.84. The molecule has 0 atom stereocenters. The van der Waals surface area contributed by atoms with Crippen molar-refractivity contribution < 1.29 is 0 Å². The molecule has 0 N–H and O–H groups in total. The Morgan fingerprint density at radius 2 is 1.00 bits per heavy atom. The Kier molecular flexibility index (Phi) is 3.13. The smallest absolute Gasteiger partial charge is 0.0346 e. The maximum Gasteiger partial charge on any atom is 0.0346 e. The maximum absolute atomic E-state index is 4.32. The van der Waals surface area contributed by atoms with Gasteiger partial charge in [0.05, 0.1) is 0 Å². The van der Waals surface area contributed by atoms with Crippen LogP contribution in [0.1, 0.15) is 11.1 Å². The second kappa shape index (κ2) is 5.41. The average Bonchev–Trinajstić information content (AvgIpc) is 2.60. The normalized spacial score (nSPS) is 11.5. The van der Waals surface area contributed by atoms with E-state index in [2.05, 4.69) is 58.5 Å². The van der Waals surface area contributed by atoms with Gasteiger partial charge in [0.2, 0.25) is 0 Å². The van der Waals surface area contributed by atoms with E-state index in [1.807, 2.05) is 36.9 Å². The lowest BCUT2D eigenvalue weighted by Gasteiger charge is -2.03. The Balaban J connectivity index is 1.83. The predicted molar refractivity (Wildman–Crippen MR) is 92.4 cm³/mol. The molecule has 0 radical (unpaired) electrons. The predicted octanol–water partition coefficient (Wildman–Crippen LogP) is 4.95. The highest BCUT2D eigenvalue weighted by Crippen LogP contribution is 2.22. The number of aromatic nitrogens is 2.